The first-order chi connectivity index (χ1) is 12.2. The summed E-state index contributed by atoms with van der Waals surface area (Å²) >= 11 is 0. The van der Waals surface area contributed by atoms with Crippen LogP contribution in [0, 0.1) is 0 Å². The molecule has 0 unspecified atom stereocenters. The maximum absolute atomic E-state index is 12.0. The molecule has 0 saturated carbocycles. The molecule has 3 aromatic rings. The number of hydrogen-bond donors (Lipinski definition) is 1. The molecule has 1 N–H and O–H groups in total. The Morgan fingerprint density at radius 2 is 1.64 bits per heavy atom. The van der Waals surface area contributed by atoms with Crippen LogP contribution in [0.1, 0.15) is 12.6 Å². The minimum Gasteiger partial charge on any atom is -0.446 e. The van der Waals surface area contributed by atoms with Gasteiger partial charge in [-0.25, -0.2) is 4.79 Å². The molecule has 0 aliphatic heterocycles. The second-order valence-electron chi connectivity index (χ2n) is 5.81. The number of rotatable bonds is 5. The van der Waals surface area contributed by atoms with Crippen molar-refractivity contribution in [2.75, 3.05) is 5.32 Å². The number of aromatic nitrogens is 1. The molecule has 0 bridgehead atoms. The Morgan fingerprint density at radius 3 is 2.32 bits per heavy atom. The van der Waals surface area contributed by atoms with Gasteiger partial charge in [-0.1, -0.05) is 48.5 Å². The topological polar surface area (TPSA) is 51.2 Å². The van der Waals surface area contributed by atoms with Crippen molar-refractivity contribution >= 4 is 11.8 Å². The minimum absolute atomic E-state index is 0.251. The van der Waals surface area contributed by atoms with Crippen molar-refractivity contribution in [1.29, 1.82) is 0 Å². The highest BCUT2D eigenvalue weighted by molar-refractivity contribution is 5.85. The highest BCUT2D eigenvalue weighted by Gasteiger charge is 2.11. The maximum atomic E-state index is 12.0. The average molecular weight is 332 g/mol. The summed E-state index contributed by atoms with van der Waals surface area (Å²) in [6.45, 7) is 1.85. The van der Waals surface area contributed by atoms with Gasteiger partial charge in [0.2, 0.25) is 0 Å². The van der Waals surface area contributed by atoms with E-state index in [1.165, 1.54) is 0 Å². The Balaban J connectivity index is 1.54. The summed E-state index contributed by atoms with van der Waals surface area (Å²) in [5, 5.41) is 2.76. The Hall–Kier alpha value is -3.14. The van der Waals surface area contributed by atoms with Crippen LogP contribution in [0.2, 0.25) is 0 Å². The first-order valence-corrected chi connectivity index (χ1v) is 8.24. The number of carbonyl (C=O) groups is 1. The van der Waals surface area contributed by atoms with Crippen molar-refractivity contribution < 1.29 is 9.53 Å². The molecule has 1 heterocycles. The van der Waals surface area contributed by atoms with Gasteiger partial charge >= 0.3 is 6.09 Å². The van der Waals surface area contributed by atoms with Crippen molar-refractivity contribution in [2.24, 2.45) is 0 Å². The van der Waals surface area contributed by atoms with Crippen molar-refractivity contribution in [1.82, 2.24) is 4.98 Å². The number of carbonyl (C=O) groups excluding carboxylic acids is 1. The number of ether oxygens (including phenoxy) is 1. The van der Waals surface area contributed by atoms with Gasteiger partial charge in [0.05, 0.1) is 0 Å². The molecule has 25 heavy (non-hydrogen) atoms. The SMILES string of the molecule is C[C@@H](Cc1ccccn1)OC(=O)Nc1ccc(-c2ccccc2)cc1. The fourth-order valence-corrected chi connectivity index (χ4v) is 2.56. The van der Waals surface area contributed by atoms with Gasteiger partial charge in [-0.15, -0.1) is 0 Å². The summed E-state index contributed by atoms with van der Waals surface area (Å²) < 4.78 is 5.38. The molecule has 0 fully saturated rings. The molecular formula is C21H20N2O2. The number of anilines is 1. The fraction of sp³-hybridized carbons (Fsp3) is 0.143. The smallest absolute Gasteiger partial charge is 0.411 e. The Bertz CT molecular complexity index is 802. The van der Waals surface area contributed by atoms with Gasteiger partial charge in [0.1, 0.15) is 6.10 Å². The summed E-state index contributed by atoms with van der Waals surface area (Å²) in [6.07, 6.45) is 1.60. The third-order valence-corrected chi connectivity index (χ3v) is 3.77. The monoisotopic (exact) mass is 332 g/mol. The third-order valence-electron chi connectivity index (χ3n) is 3.77. The number of nitrogens with one attached hydrogen (secondary N) is 1. The lowest BCUT2D eigenvalue weighted by Crippen LogP contribution is -2.22. The van der Waals surface area contributed by atoms with Gasteiger partial charge in [-0.2, -0.15) is 0 Å². The highest BCUT2D eigenvalue weighted by atomic mass is 16.6. The van der Waals surface area contributed by atoms with Crippen molar-refractivity contribution in [3.05, 3.63) is 84.7 Å². The zero-order valence-electron chi connectivity index (χ0n) is 14.1. The summed E-state index contributed by atoms with van der Waals surface area (Å²) in [5.74, 6) is 0. The van der Waals surface area contributed by atoms with E-state index < -0.39 is 6.09 Å². The summed E-state index contributed by atoms with van der Waals surface area (Å²) in [7, 11) is 0. The van der Waals surface area contributed by atoms with Crippen LogP contribution in [0.15, 0.2) is 79.0 Å². The number of nitrogens with zero attached hydrogens (tertiary/aromatic N) is 1. The van der Waals surface area contributed by atoms with Crippen LogP contribution in [0.25, 0.3) is 11.1 Å². The van der Waals surface area contributed by atoms with E-state index in [-0.39, 0.29) is 6.10 Å². The number of pyridine rings is 1. The highest BCUT2D eigenvalue weighted by Crippen LogP contribution is 2.21. The van der Waals surface area contributed by atoms with Gasteiger partial charge in [-0.05, 0) is 42.3 Å². The molecule has 0 spiro atoms. The van der Waals surface area contributed by atoms with Crippen LogP contribution in [-0.2, 0) is 11.2 Å². The fourth-order valence-electron chi connectivity index (χ4n) is 2.56. The molecule has 0 radical (unpaired) electrons. The molecule has 4 heteroatoms. The second kappa shape index (κ2) is 8.11. The van der Waals surface area contributed by atoms with Gasteiger partial charge < -0.3 is 4.74 Å². The zero-order valence-corrected chi connectivity index (χ0v) is 14.1. The number of hydrogen-bond acceptors (Lipinski definition) is 3. The lowest BCUT2D eigenvalue weighted by atomic mass is 10.1. The predicted octanol–water partition coefficient (Wildman–Crippen LogP) is 4.93. The summed E-state index contributed by atoms with van der Waals surface area (Å²) in [4.78, 5) is 16.3. The van der Waals surface area contributed by atoms with Crippen LogP contribution in [0.4, 0.5) is 10.5 Å². The first kappa shape index (κ1) is 16.7. The van der Waals surface area contributed by atoms with Crippen molar-refractivity contribution in [2.45, 2.75) is 19.4 Å². The van der Waals surface area contributed by atoms with Gasteiger partial charge in [0.25, 0.3) is 0 Å². The van der Waals surface area contributed by atoms with E-state index in [0.717, 1.165) is 16.8 Å². The van der Waals surface area contributed by atoms with Crippen LogP contribution in [0.5, 0.6) is 0 Å². The van der Waals surface area contributed by atoms with Gasteiger partial charge in [0.15, 0.2) is 0 Å². The van der Waals surface area contributed by atoms with E-state index in [1.54, 1.807) is 6.20 Å². The van der Waals surface area contributed by atoms with E-state index >= 15 is 0 Å². The number of benzene rings is 2. The van der Waals surface area contributed by atoms with E-state index in [1.807, 2.05) is 67.6 Å². The van der Waals surface area contributed by atoms with Crippen LogP contribution >= 0.6 is 0 Å². The molecule has 126 valence electrons. The van der Waals surface area contributed by atoms with Crippen molar-refractivity contribution in [3.8, 4) is 11.1 Å². The van der Waals surface area contributed by atoms with E-state index in [4.69, 9.17) is 4.74 Å². The molecule has 0 aliphatic carbocycles. The molecule has 0 saturated heterocycles. The molecule has 4 nitrogen and oxygen atoms in total. The van der Waals surface area contributed by atoms with Crippen LogP contribution in [-0.4, -0.2) is 17.2 Å². The normalized spacial score (nSPS) is 11.6. The molecule has 0 aliphatic rings. The van der Waals surface area contributed by atoms with E-state index in [9.17, 15) is 4.79 Å². The largest absolute Gasteiger partial charge is 0.446 e. The van der Waals surface area contributed by atoms with E-state index in [2.05, 4.69) is 22.4 Å². The molecule has 2 aromatic carbocycles. The quantitative estimate of drug-likeness (QED) is 0.721. The molecule has 1 atom stereocenters. The Kier molecular flexibility index (Phi) is 5.42. The van der Waals surface area contributed by atoms with Gasteiger partial charge in [0, 0.05) is 24.0 Å². The molecule has 1 amide bonds. The Labute approximate surface area is 147 Å². The standard InChI is InChI=1S/C21H20N2O2/c1-16(15-20-9-5-6-14-22-20)25-21(24)23-19-12-10-18(11-13-19)17-7-3-2-4-8-17/h2-14,16H,15H2,1H3,(H,23,24)/t16-/m0/s1. The Morgan fingerprint density at radius 1 is 0.960 bits per heavy atom. The minimum atomic E-state index is -0.462. The van der Waals surface area contributed by atoms with Crippen molar-refractivity contribution in [3.63, 3.8) is 0 Å². The number of amides is 1. The molecule has 1 aromatic heterocycles. The maximum Gasteiger partial charge on any atom is 0.411 e. The average Bonchev–Trinajstić information content (AvgIpc) is 2.63. The van der Waals surface area contributed by atoms with E-state index in [0.29, 0.717) is 12.1 Å². The lowest BCUT2D eigenvalue weighted by Gasteiger charge is -2.13. The first-order valence-electron chi connectivity index (χ1n) is 8.24. The van der Waals surface area contributed by atoms with Gasteiger partial charge in [-0.3, -0.25) is 10.3 Å². The zero-order chi connectivity index (χ0) is 17.5. The summed E-state index contributed by atoms with van der Waals surface area (Å²) in [6, 6.07) is 23.5. The molecular weight excluding hydrogens is 312 g/mol. The summed E-state index contributed by atoms with van der Waals surface area (Å²) in [5.41, 5.74) is 3.84. The van der Waals surface area contributed by atoms with Crippen LogP contribution < -0.4 is 5.32 Å². The van der Waals surface area contributed by atoms with Crippen LogP contribution in [0.3, 0.4) is 0 Å². The predicted molar refractivity (Wildman–Crippen MR) is 99.4 cm³/mol. The molecule has 3 rings (SSSR count). The third kappa shape index (κ3) is 4.91. The lowest BCUT2D eigenvalue weighted by molar-refractivity contribution is 0.120. The second-order valence-corrected chi connectivity index (χ2v) is 5.81.